The lowest BCUT2D eigenvalue weighted by Gasteiger charge is -2.06. The van der Waals surface area contributed by atoms with Gasteiger partial charge in [-0.05, 0) is 12.1 Å². The summed E-state index contributed by atoms with van der Waals surface area (Å²) in [5.41, 5.74) is 0.383. The van der Waals surface area contributed by atoms with E-state index in [-0.39, 0.29) is 15.5 Å². The first kappa shape index (κ1) is 12.5. The maximum absolute atomic E-state index is 12.0. The van der Waals surface area contributed by atoms with Crippen molar-refractivity contribution >= 4 is 38.6 Å². The third kappa shape index (κ3) is 2.46. The molecule has 0 saturated heterocycles. The van der Waals surface area contributed by atoms with Crippen LogP contribution in [0.5, 0.6) is 11.5 Å². The highest BCUT2D eigenvalue weighted by atomic mass is 35.5. The van der Waals surface area contributed by atoms with Gasteiger partial charge < -0.3 is 9.47 Å². The molecule has 1 N–H and O–H groups in total. The van der Waals surface area contributed by atoms with Gasteiger partial charge in [-0.2, -0.15) is 0 Å². The number of fused-ring (bicyclic) bond motifs is 1. The van der Waals surface area contributed by atoms with Crippen molar-refractivity contribution in [1.82, 2.24) is 4.98 Å². The van der Waals surface area contributed by atoms with Crippen LogP contribution in [0.25, 0.3) is 0 Å². The summed E-state index contributed by atoms with van der Waals surface area (Å²) in [6, 6.07) is 4.79. The summed E-state index contributed by atoms with van der Waals surface area (Å²) >= 11 is 6.51. The molecule has 19 heavy (non-hydrogen) atoms. The number of halogens is 1. The Balaban J connectivity index is 1.89. The van der Waals surface area contributed by atoms with E-state index >= 15 is 0 Å². The summed E-state index contributed by atoms with van der Waals surface area (Å²) in [6.07, 6.45) is 1.21. The first-order valence-electron chi connectivity index (χ1n) is 5.08. The quantitative estimate of drug-likeness (QED) is 0.939. The topological polar surface area (TPSA) is 77.5 Å². The first-order chi connectivity index (χ1) is 9.04. The molecular weight excluding hydrogens is 312 g/mol. The number of aromatic nitrogens is 1. The van der Waals surface area contributed by atoms with Gasteiger partial charge in [0.15, 0.2) is 20.2 Å². The van der Waals surface area contributed by atoms with Crippen LogP contribution in [0.3, 0.4) is 0 Å². The molecule has 0 unspecified atom stereocenters. The minimum absolute atomic E-state index is 0.0511. The molecular formula is C10H7ClN2O4S2. The lowest BCUT2D eigenvalue weighted by Crippen LogP contribution is -2.11. The van der Waals surface area contributed by atoms with Gasteiger partial charge in [0.05, 0.1) is 11.9 Å². The molecule has 2 heterocycles. The van der Waals surface area contributed by atoms with Crippen molar-refractivity contribution in [3.05, 3.63) is 28.9 Å². The molecule has 3 rings (SSSR count). The molecule has 1 aromatic carbocycles. The van der Waals surface area contributed by atoms with Crippen LogP contribution in [-0.4, -0.2) is 20.2 Å². The van der Waals surface area contributed by atoms with E-state index < -0.39 is 10.0 Å². The van der Waals surface area contributed by atoms with Gasteiger partial charge in [0.2, 0.25) is 6.79 Å². The van der Waals surface area contributed by atoms with Crippen molar-refractivity contribution in [3.63, 3.8) is 0 Å². The predicted octanol–water partition coefficient (Wildman–Crippen LogP) is 2.33. The number of hydrogen-bond donors (Lipinski definition) is 1. The predicted molar refractivity (Wildman–Crippen MR) is 70.5 cm³/mol. The minimum Gasteiger partial charge on any atom is -0.454 e. The molecule has 9 heteroatoms. The van der Waals surface area contributed by atoms with E-state index in [4.69, 9.17) is 21.1 Å². The van der Waals surface area contributed by atoms with Crippen LogP contribution in [0, 0.1) is 0 Å². The summed E-state index contributed by atoms with van der Waals surface area (Å²) in [7, 11) is -3.68. The van der Waals surface area contributed by atoms with E-state index in [9.17, 15) is 8.42 Å². The smallest absolute Gasteiger partial charge is 0.273 e. The van der Waals surface area contributed by atoms with Crippen molar-refractivity contribution < 1.29 is 17.9 Å². The molecule has 6 nitrogen and oxygen atoms in total. The van der Waals surface area contributed by atoms with Crippen LogP contribution in [-0.2, 0) is 10.0 Å². The fraction of sp³-hybridized carbons (Fsp3) is 0.100. The largest absolute Gasteiger partial charge is 0.454 e. The summed E-state index contributed by atoms with van der Waals surface area (Å²) < 4.78 is 37.1. The van der Waals surface area contributed by atoms with Gasteiger partial charge in [0.25, 0.3) is 10.0 Å². The van der Waals surface area contributed by atoms with Gasteiger partial charge in [-0.25, -0.2) is 13.4 Å². The Morgan fingerprint density at radius 3 is 2.84 bits per heavy atom. The summed E-state index contributed by atoms with van der Waals surface area (Å²) in [6.45, 7) is 0.135. The van der Waals surface area contributed by atoms with Crippen molar-refractivity contribution in [2.24, 2.45) is 0 Å². The monoisotopic (exact) mass is 318 g/mol. The van der Waals surface area contributed by atoms with Gasteiger partial charge in [0.1, 0.15) is 0 Å². The van der Waals surface area contributed by atoms with Gasteiger partial charge in [-0.3, -0.25) is 4.72 Å². The van der Waals surface area contributed by atoms with Gasteiger partial charge >= 0.3 is 0 Å². The molecule has 1 aliphatic heterocycles. The van der Waals surface area contributed by atoms with Crippen LogP contribution in [0.15, 0.2) is 28.6 Å². The van der Waals surface area contributed by atoms with Gasteiger partial charge in [-0.15, -0.1) is 0 Å². The molecule has 1 aliphatic rings. The zero-order valence-corrected chi connectivity index (χ0v) is 11.7. The molecule has 0 saturated carbocycles. The van der Waals surface area contributed by atoms with Crippen molar-refractivity contribution in [2.75, 3.05) is 11.5 Å². The number of sulfonamides is 1. The zero-order valence-electron chi connectivity index (χ0n) is 9.29. The molecule has 1 aromatic heterocycles. The number of hydrogen-bond acceptors (Lipinski definition) is 6. The molecule has 0 aliphatic carbocycles. The van der Waals surface area contributed by atoms with Crippen molar-refractivity contribution in [3.8, 4) is 11.5 Å². The molecule has 0 amide bonds. The van der Waals surface area contributed by atoms with Crippen LogP contribution in [0.1, 0.15) is 0 Å². The molecule has 2 aromatic rings. The van der Waals surface area contributed by atoms with Crippen LogP contribution in [0.2, 0.25) is 4.47 Å². The van der Waals surface area contributed by atoms with E-state index in [0.717, 1.165) is 11.3 Å². The van der Waals surface area contributed by atoms with E-state index in [1.807, 2.05) is 0 Å². The molecule has 100 valence electrons. The third-order valence-corrected chi connectivity index (χ3v) is 5.30. The van der Waals surface area contributed by atoms with Crippen molar-refractivity contribution in [1.29, 1.82) is 0 Å². The fourth-order valence-corrected chi connectivity index (χ4v) is 3.87. The second-order valence-electron chi connectivity index (χ2n) is 3.61. The number of nitrogens with one attached hydrogen (secondary N) is 1. The van der Waals surface area contributed by atoms with Crippen LogP contribution < -0.4 is 14.2 Å². The zero-order chi connectivity index (χ0) is 13.5. The number of benzene rings is 1. The Morgan fingerprint density at radius 2 is 2.11 bits per heavy atom. The second-order valence-corrected chi connectivity index (χ2v) is 7.13. The average molecular weight is 319 g/mol. The van der Waals surface area contributed by atoms with E-state index in [0.29, 0.717) is 17.2 Å². The SMILES string of the molecule is O=S(=O)(Nc1ccc2c(c1)OCO2)c1cnc(Cl)s1. The fourth-order valence-electron chi connectivity index (χ4n) is 1.53. The highest BCUT2D eigenvalue weighted by molar-refractivity contribution is 7.94. The van der Waals surface area contributed by atoms with Gasteiger partial charge in [0, 0.05) is 6.07 Å². The highest BCUT2D eigenvalue weighted by Gasteiger charge is 2.20. The Morgan fingerprint density at radius 1 is 1.32 bits per heavy atom. The van der Waals surface area contributed by atoms with E-state index in [1.54, 1.807) is 18.2 Å². The van der Waals surface area contributed by atoms with Crippen molar-refractivity contribution in [2.45, 2.75) is 4.21 Å². The Hall–Kier alpha value is -1.51. The molecule has 0 bridgehead atoms. The Bertz CT molecular complexity index is 729. The average Bonchev–Trinajstić information content (AvgIpc) is 2.96. The number of nitrogens with zero attached hydrogens (tertiary/aromatic N) is 1. The number of ether oxygens (including phenoxy) is 2. The van der Waals surface area contributed by atoms with E-state index in [1.165, 1.54) is 6.20 Å². The summed E-state index contributed by atoms with van der Waals surface area (Å²) in [5, 5.41) is 0. The third-order valence-electron chi connectivity index (χ3n) is 2.35. The van der Waals surface area contributed by atoms with E-state index in [2.05, 4.69) is 9.71 Å². The summed E-state index contributed by atoms with van der Waals surface area (Å²) in [4.78, 5) is 3.70. The number of rotatable bonds is 3. The summed E-state index contributed by atoms with van der Waals surface area (Å²) in [5.74, 6) is 1.09. The maximum Gasteiger partial charge on any atom is 0.273 e. The Labute approximate surface area is 118 Å². The second kappa shape index (κ2) is 4.55. The first-order valence-corrected chi connectivity index (χ1v) is 7.76. The highest BCUT2D eigenvalue weighted by Crippen LogP contribution is 2.35. The molecule has 0 spiro atoms. The van der Waals surface area contributed by atoms with Crippen LogP contribution >= 0.6 is 22.9 Å². The number of anilines is 1. The van der Waals surface area contributed by atoms with Crippen LogP contribution in [0.4, 0.5) is 5.69 Å². The lowest BCUT2D eigenvalue weighted by atomic mass is 10.3. The maximum atomic E-state index is 12.0. The van der Waals surface area contributed by atoms with Gasteiger partial charge in [-0.1, -0.05) is 22.9 Å². The normalized spacial score (nSPS) is 13.5. The number of thiazole rings is 1. The lowest BCUT2D eigenvalue weighted by molar-refractivity contribution is 0.174. The standard InChI is InChI=1S/C10H7ClN2O4S2/c11-10-12-4-9(18-10)19(14,15)13-6-1-2-7-8(3-6)17-5-16-7/h1-4,13H,5H2. The Kier molecular flexibility index (Phi) is 3.00. The molecule has 0 fully saturated rings. The molecule has 0 atom stereocenters. The molecule has 0 radical (unpaired) electrons. The minimum atomic E-state index is -3.68.